The van der Waals surface area contributed by atoms with Crippen molar-refractivity contribution in [3.8, 4) is 0 Å². The fraction of sp³-hybridized carbons (Fsp3) is 0.600. The van der Waals surface area contributed by atoms with Gasteiger partial charge in [-0.2, -0.15) is 0 Å². The average molecular weight is 232 g/mol. The molecule has 0 saturated carbocycles. The number of para-hydroxylation sites is 1. The van der Waals surface area contributed by atoms with Crippen LogP contribution >= 0.6 is 0 Å². The van der Waals surface area contributed by atoms with Crippen LogP contribution < -0.4 is 10.2 Å². The summed E-state index contributed by atoms with van der Waals surface area (Å²) in [6.45, 7) is 7.98. The molecule has 1 fully saturated rings. The molecular formula is C15H24N2. The lowest BCUT2D eigenvalue weighted by atomic mass is 10.1. The van der Waals surface area contributed by atoms with Crippen molar-refractivity contribution in [1.29, 1.82) is 0 Å². The van der Waals surface area contributed by atoms with E-state index in [1.54, 1.807) is 0 Å². The molecule has 1 N–H and O–H groups in total. The molecule has 1 aromatic rings. The lowest BCUT2D eigenvalue weighted by Gasteiger charge is -2.27. The van der Waals surface area contributed by atoms with Gasteiger partial charge in [-0.25, -0.2) is 0 Å². The van der Waals surface area contributed by atoms with Crippen LogP contribution in [-0.2, 0) is 6.42 Å². The Morgan fingerprint density at radius 1 is 1.35 bits per heavy atom. The van der Waals surface area contributed by atoms with Crippen molar-refractivity contribution in [3.63, 3.8) is 0 Å². The van der Waals surface area contributed by atoms with Crippen molar-refractivity contribution in [2.24, 2.45) is 0 Å². The molecule has 2 rings (SSSR count). The van der Waals surface area contributed by atoms with Crippen LogP contribution in [0.3, 0.4) is 0 Å². The molecule has 0 aliphatic carbocycles. The van der Waals surface area contributed by atoms with Crippen molar-refractivity contribution < 1.29 is 0 Å². The van der Waals surface area contributed by atoms with Gasteiger partial charge in [-0.1, -0.05) is 31.5 Å². The predicted molar refractivity (Wildman–Crippen MR) is 74.7 cm³/mol. The first-order chi connectivity index (χ1) is 8.31. The topological polar surface area (TPSA) is 15.3 Å². The highest BCUT2D eigenvalue weighted by atomic mass is 15.2. The Morgan fingerprint density at radius 3 is 3.00 bits per heavy atom. The van der Waals surface area contributed by atoms with E-state index >= 15 is 0 Å². The molecule has 0 aromatic heterocycles. The molecule has 1 aliphatic rings. The molecule has 1 unspecified atom stereocenters. The largest absolute Gasteiger partial charge is 0.370 e. The molecular weight excluding hydrogens is 208 g/mol. The van der Waals surface area contributed by atoms with Gasteiger partial charge < -0.3 is 10.2 Å². The molecule has 2 nitrogen and oxygen atoms in total. The molecule has 2 heteroatoms. The van der Waals surface area contributed by atoms with E-state index in [0.29, 0.717) is 6.04 Å². The standard InChI is InChI=1S/C15H24N2/c1-3-7-14-8-4-5-9-15(14)17-11-6-10-16-13(2)12-17/h4-5,8-9,13,16H,3,6-7,10-12H2,1-2H3. The number of hydrogen-bond donors (Lipinski definition) is 1. The third-order valence-electron chi connectivity index (χ3n) is 3.44. The smallest absolute Gasteiger partial charge is 0.0399 e. The minimum atomic E-state index is 0.590. The number of anilines is 1. The van der Waals surface area contributed by atoms with Gasteiger partial charge in [0.05, 0.1) is 0 Å². The van der Waals surface area contributed by atoms with Crippen molar-refractivity contribution in [1.82, 2.24) is 5.32 Å². The second-order valence-electron chi connectivity index (χ2n) is 5.03. The van der Waals surface area contributed by atoms with E-state index in [1.165, 1.54) is 37.1 Å². The fourth-order valence-electron chi connectivity index (χ4n) is 2.62. The van der Waals surface area contributed by atoms with Crippen LogP contribution in [0.4, 0.5) is 5.69 Å². The Kier molecular flexibility index (Phi) is 4.43. The monoisotopic (exact) mass is 232 g/mol. The number of aryl methyl sites for hydroxylation is 1. The molecule has 1 aliphatic heterocycles. The van der Waals surface area contributed by atoms with E-state index in [2.05, 4.69) is 48.3 Å². The normalized spacial score (nSPS) is 21.3. The van der Waals surface area contributed by atoms with Crippen LogP contribution in [-0.4, -0.2) is 25.7 Å². The maximum atomic E-state index is 3.55. The minimum absolute atomic E-state index is 0.590. The van der Waals surface area contributed by atoms with Crippen LogP contribution in [0.5, 0.6) is 0 Å². The van der Waals surface area contributed by atoms with Gasteiger partial charge in [0.15, 0.2) is 0 Å². The highest BCUT2D eigenvalue weighted by Gasteiger charge is 2.16. The third kappa shape index (κ3) is 3.22. The molecule has 0 amide bonds. The molecule has 17 heavy (non-hydrogen) atoms. The molecule has 1 aromatic carbocycles. The summed E-state index contributed by atoms with van der Waals surface area (Å²) in [4.78, 5) is 2.55. The fourth-order valence-corrected chi connectivity index (χ4v) is 2.62. The van der Waals surface area contributed by atoms with E-state index in [0.717, 1.165) is 13.1 Å². The van der Waals surface area contributed by atoms with E-state index in [9.17, 15) is 0 Å². The maximum Gasteiger partial charge on any atom is 0.0399 e. The lowest BCUT2D eigenvalue weighted by molar-refractivity contribution is 0.584. The third-order valence-corrected chi connectivity index (χ3v) is 3.44. The van der Waals surface area contributed by atoms with Crippen molar-refractivity contribution in [2.75, 3.05) is 24.5 Å². The Labute approximate surface area is 105 Å². The maximum absolute atomic E-state index is 3.55. The zero-order valence-corrected chi connectivity index (χ0v) is 11.1. The highest BCUT2D eigenvalue weighted by Crippen LogP contribution is 2.23. The van der Waals surface area contributed by atoms with Crippen LogP contribution in [0, 0.1) is 0 Å². The predicted octanol–water partition coefficient (Wildman–Crippen LogP) is 2.83. The van der Waals surface area contributed by atoms with Crippen LogP contribution in [0.25, 0.3) is 0 Å². The zero-order chi connectivity index (χ0) is 12.1. The number of nitrogens with zero attached hydrogens (tertiary/aromatic N) is 1. The van der Waals surface area contributed by atoms with Gasteiger partial charge in [-0.05, 0) is 37.9 Å². The van der Waals surface area contributed by atoms with Crippen molar-refractivity contribution >= 4 is 5.69 Å². The summed E-state index contributed by atoms with van der Waals surface area (Å²) >= 11 is 0. The molecule has 1 heterocycles. The van der Waals surface area contributed by atoms with Gasteiger partial charge in [0.25, 0.3) is 0 Å². The van der Waals surface area contributed by atoms with Gasteiger partial charge in [0, 0.05) is 24.8 Å². The molecule has 1 saturated heterocycles. The minimum Gasteiger partial charge on any atom is -0.370 e. The second kappa shape index (κ2) is 6.06. The summed E-state index contributed by atoms with van der Waals surface area (Å²) < 4.78 is 0. The van der Waals surface area contributed by atoms with Crippen LogP contribution in [0.2, 0.25) is 0 Å². The number of hydrogen-bond acceptors (Lipinski definition) is 2. The first-order valence-electron chi connectivity index (χ1n) is 6.87. The molecule has 94 valence electrons. The van der Waals surface area contributed by atoms with Crippen LogP contribution in [0.1, 0.15) is 32.3 Å². The summed E-state index contributed by atoms with van der Waals surface area (Å²) in [5, 5.41) is 3.55. The SMILES string of the molecule is CCCc1ccccc1N1CCCNC(C)C1. The van der Waals surface area contributed by atoms with Crippen LogP contribution in [0.15, 0.2) is 24.3 Å². The molecule has 0 spiro atoms. The second-order valence-corrected chi connectivity index (χ2v) is 5.03. The van der Waals surface area contributed by atoms with Gasteiger partial charge in [-0.3, -0.25) is 0 Å². The van der Waals surface area contributed by atoms with Gasteiger partial charge in [0.1, 0.15) is 0 Å². The average Bonchev–Trinajstić information content (AvgIpc) is 2.55. The number of rotatable bonds is 3. The van der Waals surface area contributed by atoms with Crippen molar-refractivity contribution in [2.45, 2.75) is 39.2 Å². The van der Waals surface area contributed by atoms with E-state index in [4.69, 9.17) is 0 Å². The Morgan fingerprint density at radius 2 is 2.18 bits per heavy atom. The van der Waals surface area contributed by atoms with Gasteiger partial charge >= 0.3 is 0 Å². The van der Waals surface area contributed by atoms with Crippen molar-refractivity contribution in [3.05, 3.63) is 29.8 Å². The molecule has 1 atom stereocenters. The Bertz CT molecular complexity index is 349. The quantitative estimate of drug-likeness (QED) is 0.862. The Balaban J connectivity index is 2.19. The number of benzene rings is 1. The summed E-state index contributed by atoms with van der Waals surface area (Å²) in [5.41, 5.74) is 2.95. The van der Waals surface area contributed by atoms with E-state index in [1.807, 2.05) is 0 Å². The zero-order valence-electron chi connectivity index (χ0n) is 11.1. The Hall–Kier alpha value is -1.02. The highest BCUT2D eigenvalue weighted by molar-refractivity contribution is 5.54. The summed E-state index contributed by atoms with van der Waals surface area (Å²) in [5.74, 6) is 0. The lowest BCUT2D eigenvalue weighted by Crippen LogP contribution is -2.35. The van der Waals surface area contributed by atoms with Gasteiger partial charge in [-0.15, -0.1) is 0 Å². The summed E-state index contributed by atoms with van der Waals surface area (Å²) in [6.07, 6.45) is 3.65. The van der Waals surface area contributed by atoms with Gasteiger partial charge in [0.2, 0.25) is 0 Å². The first kappa shape index (κ1) is 12.4. The molecule has 0 bridgehead atoms. The summed E-state index contributed by atoms with van der Waals surface area (Å²) in [6, 6.07) is 9.48. The number of nitrogens with one attached hydrogen (secondary N) is 1. The summed E-state index contributed by atoms with van der Waals surface area (Å²) in [7, 11) is 0. The van der Waals surface area contributed by atoms with E-state index in [-0.39, 0.29) is 0 Å². The molecule has 0 radical (unpaired) electrons. The van der Waals surface area contributed by atoms with E-state index < -0.39 is 0 Å². The first-order valence-corrected chi connectivity index (χ1v) is 6.87.